The Balaban J connectivity index is 1.43. The van der Waals surface area contributed by atoms with Crippen LogP contribution in [0.2, 0.25) is 0 Å². The smallest absolute Gasteiger partial charge is 0.416 e. The number of carbonyl (C=O) groups excluding carboxylic acids is 1. The molecule has 9 heteroatoms. The number of hydrogen-bond acceptors (Lipinski definition) is 5. The summed E-state index contributed by atoms with van der Waals surface area (Å²) in [5, 5.41) is 10.7. The van der Waals surface area contributed by atoms with Crippen LogP contribution in [0.4, 0.5) is 13.2 Å². The molecule has 1 aromatic heterocycles. The standard InChI is InChI=1S/C23H22F3N3O3/c1-15-6-8-17(9-7-15)20-10-11-21(29-28-20)31-13-12-27-22(30)16(2)32-19-5-3-4-18(14-19)23(24,25)26/h3-11,14,16H,12-13H2,1-2H3,(H,27,30). The predicted octanol–water partition coefficient (Wildman–Crippen LogP) is 4.43. The fourth-order valence-corrected chi connectivity index (χ4v) is 2.75. The fraction of sp³-hybridized carbons (Fsp3) is 0.261. The van der Waals surface area contributed by atoms with Crippen LogP contribution in [-0.2, 0) is 11.0 Å². The molecule has 1 heterocycles. The predicted molar refractivity (Wildman–Crippen MR) is 112 cm³/mol. The maximum absolute atomic E-state index is 12.8. The molecule has 1 atom stereocenters. The van der Waals surface area contributed by atoms with E-state index >= 15 is 0 Å². The fourth-order valence-electron chi connectivity index (χ4n) is 2.75. The minimum Gasteiger partial charge on any atom is -0.481 e. The molecule has 0 saturated carbocycles. The Kier molecular flexibility index (Phi) is 7.29. The summed E-state index contributed by atoms with van der Waals surface area (Å²) in [4.78, 5) is 12.1. The van der Waals surface area contributed by atoms with Crippen molar-refractivity contribution in [3.8, 4) is 22.9 Å². The summed E-state index contributed by atoms with van der Waals surface area (Å²) < 4.78 is 49.1. The Morgan fingerprint density at radius 1 is 1.06 bits per heavy atom. The van der Waals surface area contributed by atoms with Crippen LogP contribution in [0.25, 0.3) is 11.3 Å². The minimum absolute atomic E-state index is 0.0392. The summed E-state index contributed by atoms with van der Waals surface area (Å²) >= 11 is 0. The minimum atomic E-state index is -4.48. The molecule has 0 saturated heterocycles. The average Bonchev–Trinajstić information content (AvgIpc) is 2.77. The first-order valence-electron chi connectivity index (χ1n) is 9.87. The number of nitrogens with zero attached hydrogens (tertiary/aromatic N) is 2. The molecule has 0 aliphatic rings. The molecule has 32 heavy (non-hydrogen) atoms. The molecule has 1 amide bonds. The number of benzene rings is 2. The third-order valence-corrected chi connectivity index (χ3v) is 4.48. The number of nitrogens with one attached hydrogen (secondary N) is 1. The van der Waals surface area contributed by atoms with E-state index in [2.05, 4.69) is 15.5 Å². The molecule has 0 spiro atoms. The number of alkyl halides is 3. The van der Waals surface area contributed by atoms with E-state index in [0.717, 1.165) is 23.3 Å². The van der Waals surface area contributed by atoms with Crippen LogP contribution >= 0.6 is 0 Å². The van der Waals surface area contributed by atoms with Gasteiger partial charge in [-0.05, 0) is 38.1 Å². The van der Waals surface area contributed by atoms with Crippen LogP contribution in [-0.4, -0.2) is 35.4 Å². The number of carbonyl (C=O) groups is 1. The lowest BCUT2D eigenvalue weighted by atomic mass is 10.1. The van der Waals surface area contributed by atoms with Gasteiger partial charge in [0, 0.05) is 11.6 Å². The summed E-state index contributed by atoms with van der Waals surface area (Å²) in [6.45, 7) is 3.76. The highest BCUT2D eigenvalue weighted by Crippen LogP contribution is 2.31. The highest BCUT2D eigenvalue weighted by atomic mass is 19.4. The Morgan fingerprint density at radius 2 is 1.81 bits per heavy atom. The van der Waals surface area contributed by atoms with Crippen molar-refractivity contribution in [2.75, 3.05) is 13.2 Å². The highest BCUT2D eigenvalue weighted by Gasteiger charge is 2.30. The van der Waals surface area contributed by atoms with Gasteiger partial charge in [-0.15, -0.1) is 10.2 Å². The molecular formula is C23H22F3N3O3. The third-order valence-electron chi connectivity index (χ3n) is 4.48. The van der Waals surface area contributed by atoms with Gasteiger partial charge in [0.15, 0.2) is 6.10 Å². The first kappa shape index (κ1) is 23.1. The quantitative estimate of drug-likeness (QED) is 0.519. The van der Waals surface area contributed by atoms with Gasteiger partial charge in [-0.25, -0.2) is 0 Å². The molecule has 0 radical (unpaired) electrons. The Hall–Kier alpha value is -3.62. The molecule has 3 aromatic rings. The molecule has 0 aliphatic heterocycles. The zero-order chi connectivity index (χ0) is 23.1. The van der Waals surface area contributed by atoms with Gasteiger partial charge in [0.1, 0.15) is 12.4 Å². The van der Waals surface area contributed by atoms with Crippen molar-refractivity contribution in [3.05, 3.63) is 71.8 Å². The number of halogens is 3. The van der Waals surface area contributed by atoms with Gasteiger partial charge < -0.3 is 14.8 Å². The molecule has 3 rings (SSSR count). The van der Waals surface area contributed by atoms with E-state index in [0.29, 0.717) is 11.6 Å². The normalized spacial score (nSPS) is 12.2. The molecule has 0 aliphatic carbocycles. The van der Waals surface area contributed by atoms with Crippen molar-refractivity contribution >= 4 is 5.91 Å². The lowest BCUT2D eigenvalue weighted by Crippen LogP contribution is -2.38. The molecular weight excluding hydrogens is 423 g/mol. The van der Waals surface area contributed by atoms with E-state index in [9.17, 15) is 18.0 Å². The summed E-state index contributed by atoms with van der Waals surface area (Å²) in [6, 6.07) is 15.7. The van der Waals surface area contributed by atoms with Crippen molar-refractivity contribution in [1.29, 1.82) is 0 Å². The number of rotatable bonds is 8. The number of amides is 1. The Morgan fingerprint density at radius 3 is 2.47 bits per heavy atom. The SMILES string of the molecule is Cc1ccc(-c2ccc(OCCNC(=O)C(C)Oc3cccc(C(F)(F)F)c3)nn2)cc1. The van der Waals surface area contributed by atoms with Gasteiger partial charge in [-0.2, -0.15) is 13.2 Å². The van der Waals surface area contributed by atoms with Gasteiger partial charge in [0.05, 0.1) is 17.8 Å². The second-order valence-electron chi connectivity index (χ2n) is 7.05. The topological polar surface area (TPSA) is 73.3 Å². The summed E-state index contributed by atoms with van der Waals surface area (Å²) in [5.74, 6) is -0.210. The number of hydrogen-bond donors (Lipinski definition) is 1. The first-order valence-corrected chi connectivity index (χ1v) is 9.87. The molecule has 1 unspecified atom stereocenters. The lowest BCUT2D eigenvalue weighted by Gasteiger charge is -2.16. The Bertz CT molecular complexity index is 1040. The molecule has 0 fully saturated rings. The highest BCUT2D eigenvalue weighted by molar-refractivity contribution is 5.80. The van der Waals surface area contributed by atoms with E-state index in [-0.39, 0.29) is 18.9 Å². The van der Waals surface area contributed by atoms with Crippen LogP contribution < -0.4 is 14.8 Å². The maximum atomic E-state index is 12.8. The second-order valence-corrected chi connectivity index (χ2v) is 7.05. The largest absolute Gasteiger partial charge is 0.481 e. The average molecular weight is 445 g/mol. The van der Waals surface area contributed by atoms with Crippen molar-refractivity contribution in [3.63, 3.8) is 0 Å². The van der Waals surface area contributed by atoms with Crippen molar-refractivity contribution < 1.29 is 27.4 Å². The van der Waals surface area contributed by atoms with E-state index < -0.39 is 23.8 Å². The molecule has 2 aromatic carbocycles. The van der Waals surface area contributed by atoms with E-state index in [4.69, 9.17) is 9.47 Å². The van der Waals surface area contributed by atoms with Crippen molar-refractivity contribution in [1.82, 2.24) is 15.5 Å². The molecule has 6 nitrogen and oxygen atoms in total. The van der Waals surface area contributed by atoms with E-state index in [1.165, 1.54) is 19.1 Å². The van der Waals surface area contributed by atoms with Gasteiger partial charge >= 0.3 is 6.18 Å². The third kappa shape index (κ3) is 6.44. The number of aromatic nitrogens is 2. The van der Waals surface area contributed by atoms with Crippen LogP contribution in [0, 0.1) is 6.92 Å². The molecule has 168 valence electrons. The Labute approximate surface area is 183 Å². The maximum Gasteiger partial charge on any atom is 0.416 e. The molecule has 1 N–H and O–H groups in total. The van der Waals surface area contributed by atoms with E-state index in [1.54, 1.807) is 12.1 Å². The summed E-state index contributed by atoms with van der Waals surface area (Å²) in [7, 11) is 0. The molecule has 0 bridgehead atoms. The lowest BCUT2D eigenvalue weighted by molar-refractivity contribution is -0.137. The number of aryl methyl sites for hydroxylation is 1. The van der Waals surface area contributed by atoms with Crippen LogP contribution in [0.15, 0.2) is 60.7 Å². The van der Waals surface area contributed by atoms with Crippen molar-refractivity contribution in [2.45, 2.75) is 26.1 Å². The van der Waals surface area contributed by atoms with Gasteiger partial charge in [0.2, 0.25) is 5.88 Å². The van der Waals surface area contributed by atoms with Gasteiger partial charge in [-0.3, -0.25) is 4.79 Å². The first-order chi connectivity index (χ1) is 15.2. The van der Waals surface area contributed by atoms with Crippen LogP contribution in [0.3, 0.4) is 0 Å². The summed E-state index contributed by atoms with van der Waals surface area (Å²) in [5.41, 5.74) is 1.96. The van der Waals surface area contributed by atoms with Crippen LogP contribution in [0.1, 0.15) is 18.1 Å². The van der Waals surface area contributed by atoms with Crippen LogP contribution in [0.5, 0.6) is 11.6 Å². The zero-order valence-electron chi connectivity index (χ0n) is 17.5. The number of ether oxygens (including phenoxy) is 2. The van der Waals surface area contributed by atoms with Gasteiger partial charge in [-0.1, -0.05) is 35.9 Å². The van der Waals surface area contributed by atoms with E-state index in [1.807, 2.05) is 31.2 Å². The monoisotopic (exact) mass is 445 g/mol. The summed E-state index contributed by atoms with van der Waals surface area (Å²) in [6.07, 6.45) is -5.46. The second kappa shape index (κ2) is 10.1. The zero-order valence-corrected chi connectivity index (χ0v) is 17.5. The van der Waals surface area contributed by atoms with Gasteiger partial charge in [0.25, 0.3) is 5.91 Å². The van der Waals surface area contributed by atoms with Crippen molar-refractivity contribution in [2.24, 2.45) is 0 Å².